The molecule has 9 nitrogen and oxygen atoms in total. The molecule has 3 aromatic carbocycles. The molecule has 0 saturated carbocycles. The second-order valence-electron chi connectivity index (χ2n) is 11.3. The molecule has 3 aromatic rings. The topological polar surface area (TPSA) is 143 Å². The van der Waals surface area contributed by atoms with Crippen LogP contribution in [0.5, 0.6) is 0 Å². The van der Waals surface area contributed by atoms with E-state index < -0.39 is 6.04 Å². The molecule has 41 heavy (non-hydrogen) atoms. The molecule has 1 fully saturated rings. The molecule has 0 aliphatic carbocycles. The summed E-state index contributed by atoms with van der Waals surface area (Å²) in [6.45, 7) is 4.16. The van der Waals surface area contributed by atoms with Gasteiger partial charge in [0.25, 0.3) is 0 Å². The lowest BCUT2D eigenvalue weighted by Gasteiger charge is -2.46. The van der Waals surface area contributed by atoms with Crippen LogP contribution in [0.4, 0.5) is 5.69 Å². The Kier molecular flexibility index (Phi) is 8.73. The summed E-state index contributed by atoms with van der Waals surface area (Å²) in [7, 11) is 0. The standard InChI is InChI=1S/C32H41N7O2/c1-21-19-39(31(41)28(33)16-22-12-13-23-7-2-3-8-24(23)15-22)26(9-6-14-36-32(34)35)20-38(21)30(40)17-25-18-37-29-11-5-4-10-27(25)29/h2-5,7-8,10-13,15,21,25-26,28,37H,6,9,14,16-20,33H2,1H3,(H4,34,35,36)/t21-,25?,26+,28-/m1/s1. The summed E-state index contributed by atoms with van der Waals surface area (Å²) in [5.74, 6) is 0.219. The van der Waals surface area contributed by atoms with Gasteiger partial charge in [-0.2, -0.15) is 0 Å². The number of hydrogen-bond acceptors (Lipinski definition) is 5. The second kappa shape index (κ2) is 12.6. The minimum atomic E-state index is -0.674. The number of rotatable bonds is 9. The number of benzene rings is 3. The van der Waals surface area contributed by atoms with Crippen molar-refractivity contribution in [2.75, 3.05) is 31.5 Å². The third-order valence-corrected chi connectivity index (χ3v) is 8.38. The van der Waals surface area contributed by atoms with Gasteiger partial charge in [0.2, 0.25) is 11.8 Å². The molecule has 1 saturated heterocycles. The van der Waals surface area contributed by atoms with Crippen LogP contribution in [0.3, 0.4) is 0 Å². The molecule has 7 N–H and O–H groups in total. The number of amides is 2. The van der Waals surface area contributed by atoms with E-state index in [-0.39, 0.29) is 35.8 Å². The van der Waals surface area contributed by atoms with E-state index in [1.807, 2.05) is 47.1 Å². The second-order valence-corrected chi connectivity index (χ2v) is 11.3. The van der Waals surface area contributed by atoms with E-state index in [4.69, 9.17) is 17.2 Å². The van der Waals surface area contributed by atoms with Crippen LogP contribution in [-0.2, 0) is 16.0 Å². The van der Waals surface area contributed by atoms with Crippen molar-refractivity contribution in [3.8, 4) is 0 Å². The number of carbonyl (C=O) groups is 2. The number of nitrogens with zero attached hydrogens (tertiary/aromatic N) is 3. The molecule has 5 rings (SSSR count). The smallest absolute Gasteiger partial charge is 0.240 e. The maximum absolute atomic E-state index is 13.8. The lowest BCUT2D eigenvalue weighted by molar-refractivity contribution is -0.147. The molecule has 4 atom stereocenters. The van der Waals surface area contributed by atoms with E-state index in [0.717, 1.165) is 28.6 Å². The average Bonchev–Trinajstić information content (AvgIpc) is 3.37. The van der Waals surface area contributed by atoms with Crippen LogP contribution in [0.1, 0.15) is 43.2 Å². The van der Waals surface area contributed by atoms with E-state index in [0.29, 0.717) is 45.3 Å². The molecule has 0 spiro atoms. The van der Waals surface area contributed by atoms with Gasteiger partial charge in [-0.15, -0.1) is 0 Å². The first-order valence-corrected chi connectivity index (χ1v) is 14.5. The fraction of sp³-hybridized carbons (Fsp3) is 0.406. The summed E-state index contributed by atoms with van der Waals surface area (Å²) in [6.07, 6.45) is 2.26. The Morgan fingerprint density at radius 3 is 2.56 bits per heavy atom. The molecule has 2 aliphatic rings. The van der Waals surface area contributed by atoms with Crippen molar-refractivity contribution in [2.45, 2.75) is 56.7 Å². The summed E-state index contributed by atoms with van der Waals surface area (Å²) >= 11 is 0. The highest BCUT2D eigenvalue weighted by Crippen LogP contribution is 2.34. The molecule has 2 heterocycles. The predicted octanol–water partition coefficient (Wildman–Crippen LogP) is 2.79. The number of hydrogen-bond donors (Lipinski definition) is 4. The van der Waals surface area contributed by atoms with Crippen LogP contribution in [0.25, 0.3) is 10.8 Å². The van der Waals surface area contributed by atoms with E-state index in [9.17, 15) is 9.59 Å². The maximum Gasteiger partial charge on any atom is 0.240 e. The number of anilines is 1. The molecule has 1 unspecified atom stereocenters. The molecular weight excluding hydrogens is 514 g/mol. The fourth-order valence-electron chi connectivity index (χ4n) is 6.22. The van der Waals surface area contributed by atoms with Crippen molar-refractivity contribution < 1.29 is 9.59 Å². The number of fused-ring (bicyclic) bond motifs is 2. The third kappa shape index (κ3) is 6.62. The summed E-state index contributed by atoms with van der Waals surface area (Å²) in [5.41, 5.74) is 20.9. The van der Waals surface area contributed by atoms with Gasteiger partial charge < -0.3 is 32.3 Å². The highest BCUT2D eigenvalue weighted by atomic mass is 16.2. The van der Waals surface area contributed by atoms with Crippen LogP contribution < -0.4 is 22.5 Å². The molecular formula is C32H41N7O2. The SMILES string of the molecule is C[C@@H]1CN(C(=O)[C@H](N)Cc2ccc3ccccc3c2)[C@@H](CCCN=C(N)N)CN1C(=O)CC1CNc2ccccc21. The maximum atomic E-state index is 13.8. The molecule has 2 amide bonds. The number of aliphatic imine (C=N–C) groups is 1. The van der Waals surface area contributed by atoms with Gasteiger partial charge in [-0.1, -0.05) is 60.7 Å². The normalized spacial score (nSPS) is 20.8. The van der Waals surface area contributed by atoms with Crippen molar-refractivity contribution in [3.05, 3.63) is 77.9 Å². The minimum Gasteiger partial charge on any atom is -0.384 e. The first kappa shape index (κ1) is 28.4. The van der Waals surface area contributed by atoms with Crippen molar-refractivity contribution in [1.29, 1.82) is 0 Å². The number of guanidine groups is 1. The van der Waals surface area contributed by atoms with Gasteiger partial charge in [-0.3, -0.25) is 14.6 Å². The quantitative estimate of drug-likeness (QED) is 0.182. The van der Waals surface area contributed by atoms with E-state index in [1.165, 1.54) is 5.56 Å². The first-order valence-electron chi connectivity index (χ1n) is 14.5. The largest absolute Gasteiger partial charge is 0.384 e. The molecule has 216 valence electrons. The van der Waals surface area contributed by atoms with Crippen LogP contribution >= 0.6 is 0 Å². The molecule has 0 aromatic heterocycles. The summed E-state index contributed by atoms with van der Waals surface area (Å²) in [6, 6.07) is 21.6. The Balaban J connectivity index is 1.28. The van der Waals surface area contributed by atoms with Crippen molar-refractivity contribution in [1.82, 2.24) is 9.80 Å². The number of carbonyl (C=O) groups excluding carboxylic acids is 2. The van der Waals surface area contributed by atoms with Crippen LogP contribution in [0, 0.1) is 0 Å². The van der Waals surface area contributed by atoms with E-state index in [2.05, 4.69) is 46.7 Å². The van der Waals surface area contributed by atoms with Gasteiger partial charge in [-0.05, 0) is 54.2 Å². The Hall–Kier alpha value is -4.11. The van der Waals surface area contributed by atoms with Gasteiger partial charge in [0, 0.05) is 56.3 Å². The lowest BCUT2D eigenvalue weighted by atomic mass is 9.95. The van der Waals surface area contributed by atoms with Crippen molar-refractivity contribution in [3.63, 3.8) is 0 Å². The van der Waals surface area contributed by atoms with Gasteiger partial charge >= 0.3 is 0 Å². The summed E-state index contributed by atoms with van der Waals surface area (Å²) in [4.78, 5) is 35.3. The van der Waals surface area contributed by atoms with E-state index >= 15 is 0 Å². The van der Waals surface area contributed by atoms with E-state index in [1.54, 1.807) is 0 Å². The molecule has 0 bridgehead atoms. The Bertz CT molecular complexity index is 1420. The number of piperazine rings is 1. The Labute approximate surface area is 241 Å². The van der Waals surface area contributed by atoms with Gasteiger partial charge in [-0.25, -0.2) is 0 Å². The lowest BCUT2D eigenvalue weighted by Crippen LogP contribution is -2.63. The third-order valence-electron chi connectivity index (χ3n) is 8.38. The molecule has 0 radical (unpaired) electrons. The highest BCUT2D eigenvalue weighted by Gasteiger charge is 2.38. The van der Waals surface area contributed by atoms with Gasteiger partial charge in [0.1, 0.15) is 0 Å². The minimum absolute atomic E-state index is 0.0508. The van der Waals surface area contributed by atoms with Crippen LogP contribution in [0.2, 0.25) is 0 Å². The zero-order valence-electron chi connectivity index (χ0n) is 23.7. The average molecular weight is 556 g/mol. The number of para-hydroxylation sites is 1. The predicted molar refractivity (Wildman–Crippen MR) is 165 cm³/mol. The van der Waals surface area contributed by atoms with Gasteiger partial charge in [0.15, 0.2) is 5.96 Å². The summed E-state index contributed by atoms with van der Waals surface area (Å²) < 4.78 is 0. The number of nitrogens with one attached hydrogen (secondary N) is 1. The zero-order valence-corrected chi connectivity index (χ0v) is 23.7. The Morgan fingerprint density at radius 2 is 1.76 bits per heavy atom. The van der Waals surface area contributed by atoms with Crippen LogP contribution in [0.15, 0.2) is 71.7 Å². The fourth-order valence-corrected chi connectivity index (χ4v) is 6.22. The molecule has 2 aliphatic heterocycles. The van der Waals surface area contributed by atoms with Crippen LogP contribution in [-0.4, -0.2) is 71.9 Å². The first-order chi connectivity index (χ1) is 19.8. The molecule has 9 heteroatoms. The number of nitrogens with two attached hydrogens (primary N) is 3. The van der Waals surface area contributed by atoms with Crippen molar-refractivity contribution in [2.24, 2.45) is 22.2 Å². The van der Waals surface area contributed by atoms with Gasteiger partial charge in [0.05, 0.1) is 6.04 Å². The highest BCUT2D eigenvalue weighted by molar-refractivity contribution is 5.85. The zero-order chi connectivity index (χ0) is 28.9. The van der Waals surface area contributed by atoms with Crippen molar-refractivity contribution >= 4 is 34.2 Å². The summed E-state index contributed by atoms with van der Waals surface area (Å²) in [5, 5.41) is 5.70. The monoisotopic (exact) mass is 555 g/mol. The Morgan fingerprint density at radius 1 is 1.00 bits per heavy atom.